The summed E-state index contributed by atoms with van der Waals surface area (Å²) in [5.74, 6) is -1.19. The minimum Gasteiger partial charge on any atom is -0.283 e. The van der Waals surface area contributed by atoms with Gasteiger partial charge in [0.1, 0.15) is 10.6 Å². The van der Waals surface area contributed by atoms with E-state index in [0.29, 0.717) is 34.8 Å². The highest BCUT2D eigenvalue weighted by molar-refractivity contribution is 8.00. The fourth-order valence-corrected chi connectivity index (χ4v) is 6.01. The molecule has 33 heavy (non-hydrogen) atoms. The topological polar surface area (TPSA) is 72.3 Å². The van der Waals surface area contributed by atoms with Gasteiger partial charge in [-0.1, -0.05) is 31.2 Å². The molecule has 3 aromatic rings. The van der Waals surface area contributed by atoms with E-state index in [0.717, 1.165) is 17.7 Å². The second kappa shape index (κ2) is 10.0. The number of benzene rings is 1. The Morgan fingerprint density at radius 3 is 2.76 bits per heavy atom. The van der Waals surface area contributed by atoms with Gasteiger partial charge in [-0.15, -0.1) is 17.9 Å². The molecule has 0 N–H and O–H groups in total. The number of rotatable bonds is 6. The number of nitrogens with zero attached hydrogens (tertiary/aromatic N) is 3. The molecule has 0 bridgehead atoms. The zero-order chi connectivity index (χ0) is 23.5. The lowest BCUT2D eigenvalue weighted by molar-refractivity contribution is -0.127. The Morgan fingerprint density at radius 1 is 1.30 bits per heavy atom. The van der Waals surface area contributed by atoms with Gasteiger partial charge >= 0.3 is 0 Å². The number of amides is 2. The summed E-state index contributed by atoms with van der Waals surface area (Å²) in [5.41, 5.74) is 0.114. The van der Waals surface area contributed by atoms with Crippen molar-refractivity contribution in [1.29, 1.82) is 0 Å². The number of hydrogen-bond acceptors (Lipinski definition) is 6. The molecule has 0 unspecified atom stereocenters. The van der Waals surface area contributed by atoms with Gasteiger partial charge in [-0.25, -0.2) is 9.37 Å². The monoisotopic (exact) mass is 485 g/mol. The van der Waals surface area contributed by atoms with Crippen molar-refractivity contribution < 1.29 is 14.0 Å². The lowest BCUT2D eigenvalue weighted by Gasteiger charge is -2.23. The van der Waals surface area contributed by atoms with Gasteiger partial charge in [0.05, 0.1) is 10.6 Å². The number of thiophene rings is 1. The molecule has 2 amide bonds. The Labute approximate surface area is 199 Å². The van der Waals surface area contributed by atoms with Gasteiger partial charge in [-0.2, -0.15) is 0 Å². The van der Waals surface area contributed by atoms with Crippen molar-refractivity contribution in [2.24, 2.45) is 0 Å². The number of hydrogen-bond donors (Lipinski definition) is 0. The number of halogens is 1. The van der Waals surface area contributed by atoms with E-state index in [1.807, 2.05) is 13.0 Å². The van der Waals surface area contributed by atoms with Crippen LogP contribution in [0.1, 0.15) is 41.4 Å². The van der Waals surface area contributed by atoms with Crippen LogP contribution in [0, 0.1) is 5.82 Å². The SMILES string of the molecule is C=CCn1c(S[C@@H]2CCCCN(C(=O)c3ccc(F)cc3)C2=O)nc2sc(CC)cc2c1=O. The third-order valence-corrected chi connectivity index (χ3v) is 7.97. The standard InChI is InChI=1S/C24H24FN3O3S2/c1-3-12-28-22(30)18-14-17(4-2)32-20(18)26-24(28)33-19-7-5-6-13-27(23(19)31)21(29)15-8-10-16(25)11-9-15/h3,8-11,14,19H,1,4-7,12-13H2,2H3/t19-/m1/s1. The van der Waals surface area contributed by atoms with Crippen LogP contribution in [-0.4, -0.2) is 38.1 Å². The summed E-state index contributed by atoms with van der Waals surface area (Å²) in [6.45, 7) is 6.36. The van der Waals surface area contributed by atoms with Crippen LogP contribution in [0.2, 0.25) is 0 Å². The highest BCUT2D eigenvalue weighted by atomic mass is 32.2. The molecule has 172 valence electrons. The number of carbonyl (C=O) groups excluding carboxylic acids is 2. The van der Waals surface area contributed by atoms with E-state index >= 15 is 0 Å². The van der Waals surface area contributed by atoms with Crippen LogP contribution in [-0.2, 0) is 17.8 Å². The molecule has 6 nitrogen and oxygen atoms in total. The highest BCUT2D eigenvalue weighted by Gasteiger charge is 2.33. The fraction of sp³-hybridized carbons (Fsp3) is 0.333. The Bertz CT molecular complexity index is 1270. The molecule has 3 heterocycles. The van der Waals surface area contributed by atoms with Crippen LogP contribution >= 0.6 is 23.1 Å². The first-order chi connectivity index (χ1) is 15.9. The zero-order valence-electron chi connectivity index (χ0n) is 18.3. The predicted molar refractivity (Wildman–Crippen MR) is 129 cm³/mol. The lowest BCUT2D eigenvalue weighted by atomic mass is 10.2. The molecule has 9 heteroatoms. The molecule has 0 aliphatic carbocycles. The van der Waals surface area contributed by atoms with E-state index < -0.39 is 17.0 Å². The van der Waals surface area contributed by atoms with Crippen LogP contribution in [0.15, 0.2) is 52.9 Å². The Balaban J connectivity index is 1.67. The Morgan fingerprint density at radius 2 is 2.06 bits per heavy atom. The summed E-state index contributed by atoms with van der Waals surface area (Å²) in [7, 11) is 0. The molecule has 0 radical (unpaired) electrons. The molecule has 1 aliphatic rings. The average Bonchev–Trinajstić information content (AvgIpc) is 3.15. The maximum atomic E-state index is 13.4. The predicted octanol–water partition coefficient (Wildman–Crippen LogP) is 4.66. The van der Waals surface area contributed by atoms with Gasteiger partial charge in [0.2, 0.25) is 5.91 Å². The quantitative estimate of drug-likeness (QED) is 0.289. The number of likely N-dealkylation sites (tertiary alicyclic amines) is 1. The van der Waals surface area contributed by atoms with Gasteiger partial charge in [0.15, 0.2) is 5.16 Å². The van der Waals surface area contributed by atoms with Crippen molar-refractivity contribution in [3.63, 3.8) is 0 Å². The van der Waals surface area contributed by atoms with Gasteiger partial charge in [-0.3, -0.25) is 23.9 Å². The third-order valence-electron chi connectivity index (χ3n) is 5.55. The van der Waals surface area contributed by atoms with Gasteiger partial charge in [0.25, 0.3) is 11.5 Å². The first-order valence-corrected chi connectivity index (χ1v) is 12.5. The summed E-state index contributed by atoms with van der Waals surface area (Å²) in [5, 5.41) is 0.470. The lowest BCUT2D eigenvalue weighted by Crippen LogP contribution is -2.41. The molecular formula is C24H24FN3O3S2. The minimum absolute atomic E-state index is 0.154. The summed E-state index contributed by atoms with van der Waals surface area (Å²) < 4.78 is 14.8. The van der Waals surface area contributed by atoms with E-state index in [2.05, 4.69) is 6.58 Å². The highest BCUT2D eigenvalue weighted by Crippen LogP contribution is 2.31. The molecule has 0 saturated carbocycles. The fourth-order valence-electron chi connectivity index (χ4n) is 3.80. The number of thioether (sulfide) groups is 1. The molecule has 4 rings (SSSR count). The number of allylic oxidation sites excluding steroid dienone is 1. The molecule has 1 fully saturated rings. The summed E-state index contributed by atoms with van der Waals surface area (Å²) in [4.78, 5) is 47.2. The van der Waals surface area contributed by atoms with Gasteiger partial charge in [0, 0.05) is 23.5 Å². The minimum atomic E-state index is -0.553. The zero-order valence-corrected chi connectivity index (χ0v) is 19.9. The summed E-state index contributed by atoms with van der Waals surface area (Å²) in [6, 6.07) is 7.07. The average molecular weight is 486 g/mol. The van der Waals surface area contributed by atoms with E-state index in [9.17, 15) is 18.8 Å². The van der Waals surface area contributed by atoms with E-state index in [-0.39, 0.29) is 23.6 Å². The first-order valence-electron chi connectivity index (χ1n) is 10.8. The molecule has 1 saturated heterocycles. The normalized spacial score (nSPS) is 16.7. The van der Waals surface area contributed by atoms with Crippen LogP contribution in [0.3, 0.4) is 0 Å². The second-order valence-corrected chi connectivity index (χ2v) is 10.1. The Kier molecular flexibility index (Phi) is 7.09. The Hall–Kier alpha value is -2.78. The number of aromatic nitrogens is 2. The van der Waals surface area contributed by atoms with Crippen molar-refractivity contribution in [3.8, 4) is 0 Å². The van der Waals surface area contributed by atoms with Crippen molar-refractivity contribution in [2.45, 2.75) is 49.6 Å². The number of fused-ring (bicyclic) bond motifs is 1. The van der Waals surface area contributed by atoms with E-state index in [4.69, 9.17) is 4.98 Å². The summed E-state index contributed by atoms with van der Waals surface area (Å²) >= 11 is 2.70. The smallest absolute Gasteiger partial charge is 0.263 e. The first kappa shape index (κ1) is 23.4. The maximum absolute atomic E-state index is 13.4. The van der Waals surface area contributed by atoms with Crippen LogP contribution in [0.4, 0.5) is 4.39 Å². The van der Waals surface area contributed by atoms with E-state index in [1.54, 1.807) is 6.08 Å². The van der Waals surface area contributed by atoms with E-state index in [1.165, 1.54) is 56.8 Å². The third kappa shape index (κ3) is 4.79. The van der Waals surface area contributed by atoms with Crippen LogP contribution < -0.4 is 5.56 Å². The second-order valence-electron chi connectivity index (χ2n) is 7.79. The van der Waals surface area contributed by atoms with Gasteiger partial charge in [-0.05, 0) is 49.6 Å². The number of aryl methyl sites for hydroxylation is 1. The van der Waals surface area contributed by atoms with Crippen molar-refractivity contribution in [3.05, 3.63) is 69.6 Å². The molecule has 2 aromatic heterocycles. The summed E-state index contributed by atoms with van der Waals surface area (Å²) in [6.07, 6.45) is 4.47. The van der Waals surface area contributed by atoms with Crippen LogP contribution in [0.5, 0.6) is 0 Å². The van der Waals surface area contributed by atoms with Crippen molar-refractivity contribution in [2.75, 3.05) is 6.54 Å². The molecule has 1 atom stereocenters. The number of carbonyl (C=O) groups is 2. The van der Waals surface area contributed by atoms with Crippen molar-refractivity contribution >= 4 is 45.1 Å². The molecule has 1 aliphatic heterocycles. The van der Waals surface area contributed by atoms with Crippen LogP contribution in [0.25, 0.3) is 10.2 Å². The van der Waals surface area contributed by atoms with Gasteiger partial charge < -0.3 is 0 Å². The molecule has 0 spiro atoms. The number of imide groups is 1. The molecule has 1 aromatic carbocycles. The molecular weight excluding hydrogens is 461 g/mol. The largest absolute Gasteiger partial charge is 0.283 e. The van der Waals surface area contributed by atoms with Crippen molar-refractivity contribution in [1.82, 2.24) is 14.5 Å². The maximum Gasteiger partial charge on any atom is 0.263 e.